The Labute approximate surface area is 163 Å². The number of rotatable bonds is 4. The van der Waals surface area contributed by atoms with Gasteiger partial charge in [0, 0.05) is 52.5 Å². The highest BCUT2D eigenvalue weighted by Crippen LogP contribution is 2.31. The fraction of sp³-hybridized carbons (Fsp3) is 0.579. The van der Waals surface area contributed by atoms with Gasteiger partial charge in [0.2, 0.25) is 5.91 Å². The first-order valence-corrected chi connectivity index (χ1v) is 9.18. The van der Waals surface area contributed by atoms with Crippen LogP contribution in [0.15, 0.2) is 29.3 Å². The van der Waals surface area contributed by atoms with Crippen LogP contribution in [0, 0.1) is 5.41 Å². The van der Waals surface area contributed by atoms with Crippen molar-refractivity contribution in [1.29, 1.82) is 0 Å². The second-order valence-electron chi connectivity index (χ2n) is 7.39. The fourth-order valence-electron chi connectivity index (χ4n) is 3.11. The molecule has 0 radical (unpaired) electrons. The van der Waals surface area contributed by atoms with Crippen LogP contribution in [0.2, 0.25) is 0 Å². The zero-order valence-electron chi connectivity index (χ0n) is 16.7. The lowest BCUT2D eigenvalue weighted by Crippen LogP contribution is -2.54. The van der Waals surface area contributed by atoms with E-state index in [9.17, 15) is 18.0 Å². The number of halogens is 3. The third-order valence-electron chi connectivity index (χ3n) is 4.86. The summed E-state index contributed by atoms with van der Waals surface area (Å²) in [6.07, 6.45) is -4.35. The Morgan fingerprint density at radius 1 is 1.18 bits per heavy atom. The van der Waals surface area contributed by atoms with Crippen molar-refractivity contribution >= 4 is 17.6 Å². The third kappa shape index (κ3) is 5.30. The van der Waals surface area contributed by atoms with Gasteiger partial charge in [-0.1, -0.05) is 6.07 Å². The van der Waals surface area contributed by atoms with E-state index >= 15 is 0 Å². The first-order valence-electron chi connectivity index (χ1n) is 9.18. The van der Waals surface area contributed by atoms with E-state index < -0.39 is 17.2 Å². The summed E-state index contributed by atoms with van der Waals surface area (Å²) in [5, 5.41) is 5.87. The van der Waals surface area contributed by atoms with E-state index in [4.69, 9.17) is 0 Å². The Balaban J connectivity index is 1.96. The molecule has 2 rings (SSSR count). The Morgan fingerprint density at radius 3 is 2.36 bits per heavy atom. The molecule has 0 aromatic heterocycles. The molecule has 0 aliphatic carbocycles. The molecule has 1 amide bonds. The topological polar surface area (TPSA) is 60.0 Å². The molecule has 0 spiro atoms. The minimum Gasteiger partial charge on any atom is -0.368 e. The number of hydrogen-bond acceptors (Lipinski definition) is 3. The van der Waals surface area contributed by atoms with Gasteiger partial charge in [0.05, 0.1) is 11.0 Å². The van der Waals surface area contributed by atoms with Crippen LogP contribution in [0.25, 0.3) is 0 Å². The van der Waals surface area contributed by atoms with Crippen molar-refractivity contribution in [3.63, 3.8) is 0 Å². The summed E-state index contributed by atoms with van der Waals surface area (Å²) in [7, 11) is 3.28. The summed E-state index contributed by atoms with van der Waals surface area (Å²) in [5.41, 5.74) is -0.663. The molecular weight excluding hydrogens is 371 g/mol. The molecule has 2 N–H and O–H groups in total. The van der Waals surface area contributed by atoms with Crippen molar-refractivity contribution in [3.05, 3.63) is 29.8 Å². The number of nitrogens with zero attached hydrogens (tertiary/aromatic N) is 3. The van der Waals surface area contributed by atoms with Crippen molar-refractivity contribution in [2.45, 2.75) is 20.0 Å². The summed E-state index contributed by atoms with van der Waals surface area (Å²) < 4.78 is 38.8. The number of nitrogens with one attached hydrogen (secondary N) is 2. The highest BCUT2D eigenvalue weighted by molar-refractivity contribution is 5.84. The summed E-state index contributed by atoms with van der Waals surface area (Å²) in [4.78, 5) is 20.2. The summed E-state index contributed by atoms with van der Waals surface area (Å²) >= 11 is 0. The van der Waals surface area contributed by atoms with Crippen molar-refractivity contribution in [3.8, 4) is 0 Å². The standard InChI is InChI=1S/C19H28F3N5O/c1-18(2,16(28)23-3)13-25-17(24-4)27-10-8-26(9-11-27)15-7-5-6-14(12-15)19(20,21)22/h5-7,12H,8-11,13H2,1-4H3,(H,23,28)(H,24,25). The van der Waals surface area contributed by atoms with E-state index in [0.29, 0.717) is 44.4 Å². The maximum atomic E-state index is 12.9. The summed E-state index contributed by atoms with van der Waals surface area (Å²) in [5.74, 6) is 0.616. The van der Waals surface area contributed by atoms with Gasteiger partial charge >= 0.3 is 6.18 Å². The van der Waals surface area contributed by atoms with Crippen LogP contribution >= 0.6 is 0 Å². The Bertz CT molecular complexity index is 710. The summed E-state index contributed by atoms with van der Waals surface area (Å²) in [6.45, 7) is 6.52. The highest BCUT2D eigenvalue weighted by Gasteiger charge is 2.31. The number of aliphatic imine (C=N–C) groups is 1. The van der Waals surface area contributed by atoms with Crippen LogP contribution in [0.1, 0.15) is 19.4 Å². The van der Waals surface area contributed by atoms with Crippen molar-refractivity contribution in [1.82, 2.24) is 15.5 Å². The van der Waals surface area contributed by atoms with Gasteiger partial charge in [-0.15, -0.1) is 0 Å². The second-order valence-corrected chi connectivity index (χ2v) is 7.39. The molecule has 1 fully saturated rings. The van der Waals surface area contributed by atoms with Crippen molar-refractivity contribution in [2.24, 2.45) is 10.4 Å². The molecule has 1 aliphatic heterocycles. The van der Waals surface area contributed by atoms with E-state index in [1.807, 2.05) is 23.6 Å². The molecule has 9 heteroatoms. The van der Waals surface area contributed by atoms with E-state index in [1.54, 1.807) is 20.2 Å². The van der Waals surface area contributed by atoms with Crippen LogP contribution in [-0.2, 0) is 11.0 Å². The number of piperazine rings is 1. The van der Waals surface area contributed by atoms with Gasteiger partial charge in [0.1, 0.15) is 0 Å². The second kappa shape index (κ2) is 8.70. The summed E-state index contributed by atoms with van der Waals surface area (Å²) in [6, 6.07) is 5.41. The molecule has 1 aromatic carbocycles. The number of hydrogen-bond donors (Lipinski definition) is 2. The average Bonchev–Trinajstić information content (AvgIpc) is 2.67. The van der Waals surface area contributed by atoms with Gasteiger partial charge in [0.25, 0.3) is 0 Å². The van der Waals surface area contributed by atoms with Gasteiger partial charge < -0.3 is 20.4 Å². The van der Waals surface area contributed by atoms with Gasteiger partial charge in [-0.25, -0.2) is 0 Å². The quantitative estimate of drug-likeness (QED) is 0.602. The molecule has 0 unspecified atom stereocenters. The van der Waals surface area contributed by atoms with E-state index in [2.05, 4.69) is 15.6 Å². The molecule has 0 bridgehead atoms. The van der Waals surface area contributed by atoms with Crippen LogP contribution in [-0.4, -0.2) is 63.6 Å². The number of carbonyl (C=O) groups is 1. The van der Waals surface area contributed by atoms with Gasteiger partial charge in [0.15, 0.2) is 5.96 Å². The maximum absolute atomic E-state index is 12.9. The Hall–Kier alpha value is -2.45. The number of benzene rings is 1. The smallest absolute Gasteiger partial charge is 0.368 e. The number of guanidine groups is 1. The lowest BCUT2D eigenvalue weighted by Gasteiger charge is -2.38. The Kier molecular flexibility index (Phi) is 6.79. The third-order valence-corrected chi connectivity index (χ3v) is 4.86. The Morgan fingerprint density at radius 2 is 1.82 bits per heavy atom. The first-order chi connectivity index (χ1) is 13.1. The maximum Gasteiger partial charge on any atom is 0.416 e. The van der Waals surface area contributed by atoms with Crippen LogP contribution in [0.4, 0.5) is 18.9 Å². The van der Waals surface area contributed by atoms with E-state index in [0.717, 1.165) is 6.07 Å². The lowest BCUT2D eigenvalue weighted by molar-refractivity contribution is -0.137. The number of anilines is 1. The number of alkyl halides is 3. The molecule has 1 saturated heterocycles. The lowest BCUT2D eigenvalue weighted by atomic mass is 9.92. The van der Waals surface area contributed by atoms with Crippen molar-refractivity contribution < 1.29 is 18.0 Å². The molecule has 1 aromatic rings. The monoisotopic (exact) mass is 399 g/mol. The molecule has 1 aliphatic rings. The highest BCUT2D eigenvalue weighted by atomic mass is 19.4. The van der Waals surface area contributed by atoms with Gasteiger partial charge in [-0.05, 0) is 32.0 Å². The van der Waals surface area contributed by atoms with Crippen LogP contribution in [0.5, 0.6) is 0 Å². The zero-order valence-corrected chi connectivity index (χ0v) is 16.7. The number of amides is 1. The van der Waals surface area contributed by atoms with Crippen LogP contribution < -0.4 is 15.5 Å². The predicted molar refractivity (Wildman–Crippen MR) is 104 cm³/mol. The van der Waals surface area contributed by atoms with Gasteiger partial charge in [-0.2, -0.15) is 13.2 Å². The SMILES string of the molecule is CN=C(NCC(C)(C)C(=O)NC)N1CCN(c2cccc(C(F)(F)F)c2)CC1. The molecular formula is C19H28F3N5O. The molecule has 0 saturated carbocycles. The first kappa shape index (κ1) is 21.8. The number of carbonyl (C=O) groups excluding carboxylic acids is 1. The zero-order chi connectivity index (χ0) is 20.9. The normalized spacial score (nSPS) is 16.2. The minimum atomic E-state index is -4.35. The molecule has 6 nitrogen and oxygen atoms in total. The molecule has 1 heterocycles. The van der Waals surface area contributed by atoms with Crippen LogP contribution in [0.3, 0.4) is 0 Å². The van der Waals surface area contributed by atoms with Gasteiger partial charge in [-0.3, -0.25) is 9.79 Å². The molecule has 0 atom stereocenters. The average molecular weight is 399 g/mol. The van der Waals surface area contributed by atoms with Crippen molar-refractivity contribution in [2.75, 3.05) is 51.7 Å². The molecule has 156 valence electrons. The largest absolute Gasteiger partial charge is 0.416 e. The fourth-order valence-corrected chi connectivity index (χ4v) is 3.11. The molecule has 28 heavy (non-hydrogen) atoms. The van der Waals surface area contributed by atoms with E-state index in [-0.39, 0.29) is 5.91 Å². The van der Waals surface area contributed by atoms with E-state index in [1.165, 1.54) is 12.1 Å². The minimum absolute atomic E-state index is 0.0650. The predicted octanol–water partition coefficient (Wildman–Crippen LogP) is 2.17.